The zero-order valence-corrected chi connectivity index (χ0v) is 13.2. The van der Waals surface area contributed by atoms with E-state index in [0.717, 1.165) is 25.8 Å². The molecule has 1 aliphatic rings. The molecule has 1 amide bonds. The number of hydrogen-bond donors (Lipinski definition) is 0. The van der Waals surface area contributed by atoms with Crippen LogP contribution in [0.15, 0.2) is 29.8 Å². The highest BCUT2D eigenvalue weighted by molar-refractivity contribution is 5.78. The number of nitrogens with zero attached hydrogens (tertiary/aromatic N) is 4. The largest absolute Gasteiger partial charge is 0.338 e. The number of hydrogen-bond acceptors (Lipinski definition) is 5. The molecule has 0 N–H and O–H groups in total. The first-order valence-corrected chi connectivity index (χ1v) is 7.69. The molecule has 1 fully saturated rings. The first kappa shape index (κ1) is 16.4. The Morgan fingerprint density at radius 1 is 1.41 bits per heavy atom. The Morgan fingerprint density at radius 3 is 2.73 bits per heavy atom. The van der Waals surface area contributed by atoms with E-state index in [9.17, 15) is 4.79 Å². The van der Waals surface area contributed by atoms with Crippen molar-refractivity contribution in [3.8, 4) is 0 Å². The van der Waals surface area contributed by atoms with Crippen LogP contribution in [0.1, 0.15) is 37.0 Å². The third kappa shape index (κ3) is 4.04. The molecule has 6 nitrogen and oxygen atoms in total. The average molecular weight is 304 g/mol. The number of aromatic nitrogens is 2. The van der Waals surface area contributed by atoms with E-state index < -0.39 is 0 Å². The molecular formula is C16H24N4O2. The van der Waals surface area contributed by atoms with Crippen molar-refractivity contribution in [1.82, 2.24) is 19.9 Å². The molecule has 0 radical (unpaired) electrons. The number of likely N-dealkylation sites (tertiary alicyclic amines) is 1. The summed E-state index contributed by atoms with van der Waals surface area (Å²) >= 11 is 0. The standard InChI is InChI=1S/C16H24N4O2/c1-4-9-19(10-5-2)15(21)12-20-11-7-6-8-14(20)16-17-13(3)18-22-16/h4-5,14H,1-2,6-12H2,3H3/t14-/m0/s1. The minimum atomic E-state index is 0.0354. The lowest BCUT2D eigenvalue weighted by molar-refractivity contribution is -0.132. The lowest BCUT2D eigenvalue weighted by Gasteiger charge is -2.34. The molecule has 1 atom stereocenters. The number of rotatable bonds is 7. The van der Waals surface area contributed by atoms with Crippen molar-refractivity contribution in [2.24, 2.45) is 0 Å². The molecule has 0 bridgehead atoms. The minimum absolute atomic E-state index is 0.0354. The number of carbonyl (C=O) groups excluding carboxylic acids is 1. The molecule has 1 saturated heterocycles. The monoisotopic (exact) mass is 304 g/mol. The van der Waals surface area contributed by atoms with Crippen LogP contribution in [0.3, 0.4) is 0 Å². The van der Waals surface area contributed by atoms with E-state index in [1.807, 2.05) is 0 Å². The highest BCUT2D eigenvalue weighted by Gasteiger charge is 2.30. The quantitative estimate of drug-likeness (QED) is 0.722. The van der Waals surface area contributed by atoms with Gasteiger partial charge in [0.05, 0.1) is 12.6 Å². The minimum Gasteiger partial charge on any atom is -0.338 e. The van der Waals surface area contributed by atoms with E-state index in [1.54, 1.807) is 24.0 Å². The van der Waals surface area contributed by atoms with Crippen LogP contribution in [-0.4, -0.2) is 52.0 Å². The van der Waals surface area contributed by atoms with Gasteiger partial charge in [-0.2, -0.15) is 4.98 Å². The molecule has 6 heteroatoms. The SMILES string of the molecule is C=CCN(CC=C)C(=O)CN1CCCC[C@H]1c1nc(C)no1. The van der Waals surface area contributed by atoms with Crippen LogP contribution in [0.5, 0.6) is 0 Å². The molecule has 0 unspecified atom stereocenters. The van der Waals surface area contributed by atoms with Crippen molar-refractivity contribution in [1.29, 1.82) is 0 Å². The lowest BCUT2D eigenvalue weighted by atomic mass is 10.0. The molecule has 1 aliphatic heterocycles. The van der Waals surface area contributed by atoms with Gasteiger partial charge in [-0.05, 0) is 26.3 Å². The predicted molar refractivity (Wildman–Crippen MR) is 84.2 cm³/mol. The summed E-state index contributed by atoms with van der Waals surface area (Å²) in [6, 6.07) is 0.0354. The maximum atomic E-state index is 12.5. The number of amides is 1. The summed E-state index contributed by atoms with van der Waals surface area (Å²) in [4.78, 5) is 20.7. The summed E-state index contributed by atoms with van der Waals surface area (Å²) in [5.41, 5.74) is 0. The average Bonchev–Trinajstić information content (AvgIpc) is 2.94. The van der Waals surface area contributed by atoms with Gasteiger partial charge in [-0.15, -0.1) is 13.2 Å². The number of aryl methyl sites for hydroxylation is 1. The molecule has 120 valence electrons. The predicted octanol–water partition coefficient (Wildman–Crippen LogP) is 2.11. The van der Waals surface area contributed by atoms with Crippen LogP contribution < -0.4 is 0 Å². The summed E-state index contributed by atoms with van der Waals surface area (Å²) in [6.07, 6.45) is 6.60. The van der Waals surface area contributed by atoms with Gasteiger partial charge in [0, 0.05) is 13.1 Å². The van der Waals surface area contributed by atoms with Crippen LogP contribution in [-0.2, 0) is 4.79 Å². The van der Waals surface area contributed by atoms with Crippen molar-refractivity contribution in [2.75, 3.05) is 26.2 Å². The Hall–Kier alpha value is -1.95. The van der Waals surface area contributed by atoms with Gasteiger partial charge in [0.2, 0.25) is 11.8 Å². The number of carbonyl (C=O) groups is 1. The fourth-order valence-corrected chi connectivity index (χ4v) is 2.77. The third-order valence-electron chi connectivity index (χ3n) is 3.83. The van der Waals surface area contributed by atoms with Crippen molar-refractivity contribution < 1.29 is 9.32 Å². The second-order valence-corrected chi connectivity index (χ2v) is 5.54. The maximum absolute atomic E-state index is 12.5. The molecule has 0 saturated carbocycles. The molecule has 2 heterocycles. The van der Waals surface area contributed by atoms with Crippen molar-refractivity contribution in [2.45, 2.75) is 32.2 Å². The smallest absolute Gasteiger partial charge is 0.243 e. The van der Waals surface area contributed by atoms with E-state index in [2.05, 4.69) is 28.2 Å². The summed E-state index contributed by atoms with van der Waals surface area (Å²) in [5, 5.41) is 3.86. The van der Waals surface area contributed by atoms with E-state index in [0.29, 0.717) is 31.3 Å². The van der Waals surface area contributed by atoms with Gasteiger partial charge in [0.15, 0.2) is 5.82 Å². The molecule has 22 heavy (non-hydrogen) atoms. The third-order valence-corrected chi connectivity index (χ3v) is 3.83. The van der Waals surface area contributed by atoms with Crippen molar-refractivity contribution in [3.05, 3.63) is 37.0 Å². The fourth-order valence-electron chi connectivity index (χ4n) is 2.77. The Labute approximate surface area is 131 Å². The number of piperidine rings is 1. The molecule has 2 rings (SSSR count). The van der Waals surface area contributed by atoms with Crippen molar-refractivity contribution in [3.63, 3.8) is 0 Å². The Bertz CT molecular complexity index is 516. The first-order chi connectivity index (χ1) is 10.7. The summed E-state index contributed by atoms with van der Waals surface area (Å²) < 4.78 is 5.31. The van der Waals surface area contributed by atoms with Gasteiger partial charge in [0.1, 0.15) is 0 Å². The van der Waals surface area contributed by atoms with Gasteiger partial charge >= 0.3 is 0 Å². The van der Waals surface area contributed by atoms with E-state index >= 15 is 0 Å². The summed E-state index contributed by atoms with van der Waals surface area (Å²) in [6.45, 7) is 11.5. The fraction of sp³-hybridized carbons (Fsp3) is 0.562. The summed E-state index contributed by atoms with van der Waals surface area (Å²) in [7, 11) is 0. The highest BCUT2D eigenvalue weighted by atomic mass is 16.5. The maximum Gasteiger partial charge on any atom is 0.243 e. The van der Waals surface area contributed by atoms with E-state index in [1.165, 1.54) is 0 Å². The van der Waals surface area contributed by atoms with Crippen LogP contribution in [0.25, 0.3) is 0 Å². The van der Waals surface area contributed by atoms with Crippen LogP contribution in [0, 0.1) is 6.92 Å². The van der Waals surface area contributed by atoms with Gasteiger partial charge in [-0.1, -0.05) is 23.7 Å². The van der Waals surface area contributed by atoms with E-state index in [-0.39, 0.29) is 11.9 Å². The summed E-state index contributed by atoms with van der Waals surface area (Å²) in [5.74, 6) is 1.32. The van der Waals surface area contributed by atoms with Gasteiger partial charge in [0.25, 0.3) is 0 Å². The van der Waals surface area contributed by atoms with Crippen LogP contribution in [0.2, 0.25) is 0 Å². The Morgan fingerprint density at radius 2 is 2.14 bits per heavy atom. The highest BCUT2D eigenvalue weighted by Crippen LogP contribution is 2.29. The van der Waals surface area contributed by atoms with Gasteiger partial charge in [-0.25, -0.2) is 0 Å². The normalized spacial score (nSPS) is 18.9. The van der Waals surface area contributed by atoms with E-state index in [4.69, 9.17) is 4.52 Å². The Kier molecular flexibility index (Phi) is 5.89. The van der Waals surface area contributed by atoms with Gasteiger partial charge < -0.3 is 9.42 Å². The lowest BCUT2D eigenvalue weighted by Crippen LogP contribution is -2.43. The zero-order chi connectivity index (χ0) is 15.9. The molecule has 0 aliphatic carbocycles. The Balaban J connectivity index is 2.05. The first-order valence-electron chi connectivity index (χ1n) is 7.69. The molecule has 1 aromatic heterocycles. The second kappa shape index (κ2) is 7.89. The van der Waals surface area contributed by atoms with Crippen molar-refractivity contribution >= 4 is 5.91 Å². The van der Waals surface area contributed by atoms with Gasteiger partial charge in [-0.3, -0.25) is 9.69 Å². The molecule has 0 spiro atoms. The molecule has 0 aromatic carbocycles. The second-order valence-electron chi connectivity index (χ2n) is 5.54. The molecule has 1 aromatic rings. The van der Waals surface area contributed by atoms with Crippen LogP contribution in [0.4, 0.5) is 0 Å². The van der Waals surface area contributed by atoms with Crippen LogP contribution >= 0.6 is 0 Å². The zero-order valence-electron chi connectivity index (χ0n) is 13.2. The topological polar surface area (TPSA) is 62.5 Å². The molecular weight excluding hydrogens is 280 g/mol.